The van der Waals surface area contributed by atoms with E-state index in [1.807, 2.05) is 0 Å². The third-order valence-corrected chi connectivity index (χ3v) is 5.10. The molecule has 4 rings (SSSR count). The summed E-state index contributed by atoms with van der Waals surface area (Å²) in [6.07, 6.45) is 2.49. The van der Waals surface area contributed by atoms with E-state index in [4.69, 9.17) is 0 Å². The van der Waals surface area contributed by atoms with Crippen LogP contribution in [0.4, 0.5) is 0 Å². The highest BCUT2D eigenvalue weighted by Gasteiger charge is 2.34. The Hall–Kier alpha value is -1.64. The van der Waals surface area contributed by atoms with Crippen molar-refractivity contribution in [1.29, 1.82) is 0 Å². The first kappa shape index (κ1) is 13.1. The number of nitrogens with zero attached hydrogens (tertiary/aromatic N) is 1. The van der Waals surface area contributed by atoms with Gasteiger partial charge in [0.15, 0.2) is 0 Å². The minimum atomic E-state index is 0.454. The monoisotopic (exact) mass is 278 g/mol. The normalized spacial score (nSPS) is 19.5. The van der Waals surface area contributed by atoms with Gasteiger partial charge in [-0.3, -0.25) is 4.90 Å². The average Bonchev–Trinajstić information content (AvgIpc) is 2.90. The molecule has 1 N–H and O–H groups in total. The second-order valence-corrected chi connectivity index (χ2v) is 6.18. The number of hydrogen-bond donors (Lipinski definition) is 1. The maximum Gasteiger partial charge on any atom is 0.0614 e. The molecule has 2 nitrogen and oxygen atoms in total. The standard InChI is InChI=1S/C19H22N2/c1-20-14-10-12-21(13-11-14)19-17-8-4-2-6-15(17)16-7-3-5-9-18(16)19/h2-9,14,19-20H,10-13H2,1H3. The van der Waals surface area contributed by atoms with Crippen LogP contribution in [0.25, 0.3) is 11.1 Å². The fourth-order valence-corrected chi connectivity index (χ4v) is 3.97. The first-order chi connectivity index (χ1) is 10.4. The number of hydrogen-bond acceptors (Lipinski definition) is 2. The summed E-state index contributed by atoms with van der Waals surface area (Å²) < 4.78 is 0. The lowest BCUT2D eigenvalue weighted by Crippen LogP contribution is -2.42. The van der Waals surface area contributed by atoms with E-state index in [0.717, 1.165) is 0 Å². The van der Waals surface area contributed by atoms with E-state index >= 15 is 0 Å². The van der Waals surface area contributed by atoms with Crippen molar-refractivity contribution in [2.45, 2.75) is 24.9 Å². The van der Waals surface area contributed by atoms with E-state index in [1.165, 1.54) is 48.2 Å². The molecule has 1 fully saturated rings. The quantitative estimate of drug-likeness (QED) is 0.905. The molecular formula is C19H22N2. The summed E-state index contributed by atoms with van der Waals surface area (Å²) in [4.78, 5) is 2.67. The van der Waals surface area contributed by atoms with Crippen molar-refractivity contribution in [2.24, 2.45) is 0 Å². The lowest BCUT2D eigenvalue weighted by Gasteiger charge is -2.36. The fraction of sp³-hybridized carbons (Fsp3) is 0.368. The molecule has 0 unspecified atom stereocenters. The molecule has 1 heterocycles. The van der Waals surface area contributed by atoms with E-state index in [0.29, 0.717) is 12.1 Å². The SMILES string of the molecule is CNC1CCN(C2c3ccccc3-c3ccccc32)CC1. The maximum absolute atomic E-state index is 3.43. The molecule has 2 aliphatic rings. The van der Waals surface area contributed by atoms with Gasteiger partial charge in [-0.1, -0.05) is 48.5 Å². The Morgan fingerprint density at radius 1 is 0.857 bits per heavy atom. The first-order valence-corrected chi connectivity index (χ1v) is 7.98. The highest BCUT2D eigenvalue weighted by Crippen LogP contribution is 2.46. The molecular weight excluding hydrogens is 256 g/mol. The van der Waals surface area contributed by atoms with E-state index in [9.17, 15) is 0 Å². The molecule has 1 saturated heterocycles. The Morgan fingerprint density at radius 3 is 1.90 bits per heavy atom. The van der Waals surface area contributed by atoms with Crippen LogP contribution in [0.3, 0.4) is 0 Å². The Bertz CT molecular complexity index is 596. The van der Waals surface area contributed by atoms with Gasteiger partial charge in [0.1, 0.15) is 0 Å². The molecule has 0 spiro atoms. The third-order valence-electron chi connectivity index (χ3n) is 5.10. The van der Waals surface area contributed by atoms with Crippen molar-refractivity contribution in [3.8, 4) is 11.1 Å². The van der Waals surface area contributed by atoms with Crippen molar-refractivity contribution >= 4 is 0 Å². The summed E-state index contributed by atoms with van der Waals surface area (Å²) in [6, 6.07) is 19.0. The number of fused-ring (bicyclic) bond motifs is 3. The number of benzene rings is 2. The average molecular weight is 278 g/mol. The van der Waals surface area contributed by atoms with Crippen molar-refractivity contribution in [1.82, 2.24) is 10.2 Å². The largest absolute Gasteiger partial charge is 0.317 e. The van der Waals surface area contributed by atoms with E-state index in [-0.39, 0.29) is 0 Å². The Balaban J connectivity index is 1.72. The van der Waals surface area contributed by atoms with Gasteiger partial charge in [-0.2, -0.15) is 0 Å². The number of likely N-dealkylation sites (tertiary alicyclic amines) is 1. The van der Waals surface area contributed by atoms with Crippen molar-refractivity contribution in [3.05, 3.63) is 59.7 Å². The molecule has 0 saturated carbocycles. The van der Waals surface area contributed by atoms with Crippen LogP contribution in [0.5, 0.6) is 0 Å². The summed E-state index contributed by atoms with van der Waals surface area (Å²) >= 11 is 0. The second kappa shape index (κ2) is 5.28. The van der Waals surface area contributed by atoms with Gasteiger partial charge >= 0.3 is 0 Å². The van der Waals surface area contributed by atoms with Crippen LogP contribution < -0.4 is 5.32 Å². The lowest BCUT2D eigenvalue weighted by molar-refractivity contribution is 0.168. The molecule has 2 heteroatoms. The lowest BCUT2D eigenvalue weighted by atomic mass is 9.98. The predicted molar refractivity (Wildman–Crippen MR) is 87.4 cm³/mol. The molecule has 1 aliphatic heterocycles. The summed E-state index contributed by atoms with van der Waals surface area (Å²) in [5.41, 5.74) is 5.82. The minimum Gasteiger partial charge on any atom is -0.317 e. The molecule has 108 valence electrons. The molecule has 1 aliphatic carbocycles. The van der Waals surface area contributed by atoms with Gasteiger partial charge in [-0.05, 0) is 42.1 Å². The van der Waals surface area contributed by atoms with Gasteiger partial charge in [0.05, 0.1) is 6.04 Å². The highest BCUT2D eigenvalue weighted by atomic mass is 15.2. The highest BCUT2D eigenvalue weighted by molar-refractivity contribution is 5.78. The van der Waals surface area contributed by atoms with Gasteiger partial charge in [0.2, 0.25) is 0 Å². The molecule has 0 atom stereocenters. The number of nitrogens with one attached hydrogen (secondary N) is 1. The van der Waals surface area contributed by atoms with Gasteiger partial charge < -0.3 is 5.32 Å². The Kier molecular flexibility index (Phi) is 3.28. The number of rotatable bonds is 2. The van der Waals surface area contributed by atoms with Crippen molar-refractivity contribution in [3.63, 3.8) is 0 Å². The molecule has 0 aromatic heterocycles. The smallest absolute Gasteiger partial charge is 0.0614 e. The van der Waals surface area contributed by atoms with Gasteiger partial charge in [-0.25, -0.2) is 0 Å². The molecule has 0 amide bonds. The fourth-order valence-electron chi connectivity index (χ4n) is 3.97. The zero-order chi connectivity index (χ0) is 14.2. The molecule has 21 heavy (non-hydrogen) atoms. The van der Waals surface area contributed by atoms with E-state index in [2.05, 4.69) is 65.8 Å². The number of piperidine rings is 1. The summed E-state index contributed by atoms with van der Waals surface area (Å²) in [5.74, 6) is 0. The third kappa shape index (κ3) is 2.10. The molecule has 0 bridgehead atoms. The molecule has 0 radical (unpaired) electrons. The van der Waals surface area contributed by atoms with Crippen LogP contribution in [0, 0.1) is 0 Å². The van der Waals surface area contributed by atoms with Crippen LogP contribution in [-0.2, 0) is 0 Å². The van der Waals surface area contributed by atoms with Crippen LogP contribution in [0.1, 0.15) is 30.0 Å². The summed E-state index contributed by atoms with van der Waals surface area (Å²) in [5, 5.41) is 3.43. The van der Waals surface area contributed by atoms with Crippen molar-refractivity contribution < 1.29 is 0 Å². The van der Waals surface area contributed by atoms with Crippen LogP contribution in [-0.4, -0.2) is 31.1 Å². The van der Waals surface area contributed by atoms with Crippen LogP contribution in [0.15, 0.2) is 48.5 Å². The zero-order valence-corrected chi connectivity index (χ0v) is 12.5. The van der Waals surface area contributed by atoms with Gasteiger partial charge in [0.25, 0.3) is 0 Å². The van der Waals surface area contributed by atoms with Crippen LogP contribution >= 0.6 is 0 Å². The van der Waals surface area contributed by atoms with Crippen molar-refractivity contribution in [2.75, 3.05) is 20.1 Å². The topological polar surface area (TPSA) is 15.3 Å². The second-order valence-electron chi connectivity index (χ2n) is 6.18. The molecule has 2 aromatic carbocycles. The summed E-state index contributed by atoms with van der Waals surface area (Å²) in [6.45, 7) is 2.36. The Labute approximate surface area is 126 Å². The minimum absolute atomic E-state index is 0.454. The van der Waals surface area contributed by atoms with Crippen LogP contribution in [0.2, 0.25) is 0 Å². The first-order valence-electron chi connectivity index (χ1n) is 7.98. The summed E-state index contributed by atoms with van der Waals surface area (Å²) in [7, 11) is 2.08. The van der Waals surface area contributed by atoms with E-state index < -0.39 is 0 Å². The maximum atomic E-state index is 3.43. The Morgan fingerprint density at radius 2 is 1.38 bits per heavy atom. The zero-order valence-electron chi connectivity index (χ0n) is 12.5. The molecule has 2 aromatic rings. The van der Waals surface area contributed by atoms with Gasteiger partial charge in [-0.15, -0.1) is 0 Å². The van der Waals surface area contributed by atoms with E-state index in [1.54, 1.807) is 0 Å². The predicted octanol–water partition coefficient (Wildman–Crippen LogP) is 3.44. The van der Waals surface area contributed by atoms with Gasteiger partial charge in [0, 0.05) is 19.1 Å².